The number of carbonyl (C=O) groups excluding carboxylic acids is 1. The molecule has 0 fully saturated rings. The van der Waals surface area contributed by atoms with Crippen molar-refractivity contribution in [2.24, 2.45) is 0 Å². The van der Waals surface area contributed by atoms with Crippen LogP contribution in [0.25, 0.3) is 11.1 Å². The Morgan fingerprint density at radius 2 is 1.73 bits per heavy atom. The fourth-order valence-electron chi connectivity index (χ4n) is 3.25. The van der Waals surface area contributed by atoms with Crippen LogP contribution in [0.3, 0.4) is 0 Å². The summed E-state index contributed by atoms with van der Waals surface area (Å²) in [6, 6.07) is 10.1. The number of hydrogen-bond donors (Lipinski definition) is 0. The predicted molar refractivity (Wildman–Crippen MR) is 103 cm³/mol. The Kier molecular flexibility index (Phi) is 4.80. The van der Waals surface area contributed by atoms with Crippen molar-refractivity contribution in [2.45, 2.75) is 45.8 Å². The number of ketones is 1. The monoisotopic (exact) mass is 354 g/mol. The summed E-state index contributed by atoms with van der Waals surface area (Å²) in [5, 5.41) is 0. The Balaban J connectivity index is 1.90. The molecule has 2 aromatic rings. The van der Waals surface area contributed by atoms with Crippen molar-refractivity contribution in [3.8, 4) is 11.1 Å². The van der Waals surface area contributed by atoms with Crippen LogP contribution in [0, 0.1) is 5.82 Å². The summed E-state index contributed by atoms with van der Waals surface area (Å²) in [6.45, 7) is 10.5. The van der Waals surface area contributed by atoms with E-state index >= 15 is 0 Å². The van der Waals surface area contributed by atoms with Gasteiger partial charge in [0.25, 0.3) is 0 Å². The van der Waals surface area contributed by atoms with Gasteiger partial charge in [-0.15, -0.1) is 0 Å². The van der Waals surface area contributed by atoms with Crippen molar-refractivity contribution in [1.29, 1.82) is 0 Å². The van der Waals surface area contributed by atoms with E-state index in [-0.39, 0.29) is 13.3 Å². The molecular weight excluding hydrogens is 330 g/mol. The minimum Gasteiger partial charge on any atom is -0.427 e. The van der Waals surface area contributed by atoms with Crippen LogP contribution < -0.4 is 5.46 Å². The Bertz CT molecular complexity index is 858. The third kappa shape index (κ3) is 3.10. The zero-order valence-electron chi connectivity index (χ0n) is 16.0. The zero-order valence-corrected chi connectivity index (χ0v) is 16.0. The number of ether oxygens (including phenoxy) is 1. The molecule has 0 heterocycles. The lowest BCUT2D eigenvalue weighted by Gasteiger charge is -2.41. The topological polar surface area (TPSA) is 35.5 Å². The molecule has 0 amide bonds. The van der Waals surface area contributed by atoms with E-state index < -0.39 is 17.0 Å². The van der Waals surface area contributed by atoms with Crippen molar-refractivity contribution in [1.82, 2.24) is 0 Å². The van der Waals surface area contributed by atoms with Gasteiger partial charge in [-0.2, -0.15) is 0 Å². The maximum absolute atomic E-state index is 13.6. The summed E-state index contributed by atoms with van der Waals surface area (Å²) in [4.78, 5) is 12.8. The number of carbonyl (C=O) groups is 1. The first-order chi connectivity index (χ1) is 12.2. The van der Waals surface area contributed by atoms with Gasteiger partial charge in [-0.1, -0.05) is 24.3 Å². The second-order valence-corrected chi connectivity index (χ2v) is 7.60. The van der Waals surface area contributed by atoms with Crippen LogP contribution in [0.15, 0.2) is 36.4 Å². The van der Waals surface area contributed by atoms with Crippen molar-refractivity contribution in [3.63, 3.8) is 0 Å². The second-order valence-electron chi connectivity index (χ2n) is 7.60. The smallest absolute Gasteiger partial charge is 0.310 e. The van der Waals surface area contributed by atoms with Crippen LogP contribution in [-0.2, 0) is 9.39 Å². The van der Waals surface area contributed by atoms with Crippen molar-refractivity contribution < 1.29 is 18.6 Å². The first-order valence-electron chi connectivity index (χ1n) is 8.92. The van der Waals surface area contributed by atoms with Gasteiger partial charge in [-0.25, -0.2) is 4.39 Å². The van der Waals surface area contributed by atoms with E-state index in [4.69, 9.17) is 9.39 Å². The van der Waals surface area contributed by atoms with E-state index in [1.807, 2.05) is 52.8 Å². The van der Waals surface area contributed by atoms with Crippen LogP contribution in [0.4, 0.5) is 4.39 Å². The average Bonchev–Trinajstić information content (AvgIpc) is 2.86. The number of halogens is 1. The number of rotatable bonds is 6. The van der Waals surface area contributed by atoms with Crippen molar-refractivity contribution in [3.05, 3.63) is 53.3 Å². The fraction of sp³-hybridized carbons (Fsp3) is 0.381. The molecule has 136 valence electrons. The van der Waals surface area contributed by atoms with E-state index in [0.29, 0.717) is 17.7 Å². The van der Waals surface area contributed by atoms with E-state index in [1.165, 1.54) is 12.1 Å². The molecule has 0 N–H and O–H groups in total. The zero-order chi connectivity index (χ0) is 19.1. The Hall–Kier alpha value is -1.98. The third-order valence-corrected chi connectivity index (χ3v) is 5.44. The lowest BCUT2D eigenvalue weighted by Crippen LogP contribution is -2.51. The summed E-state index contributed by atoms with van der Waals surface area (Å²) in [5.74, 6) is -0.544. The molecule has 1 aliphatic carbocycles. The Labute approximate surface area is 154 Å². The fourth-order valence-corrected chi connectivity index (χ4v) is 3.25. The van der Waals surface area contributed by atoms with Gasteiger partial charge in [0, 0.05) is 17.7 Å². The highest BCUT2D eigenvalue weighted by atomic mass is 19.1. The number of fused-ring (bicyclic) bond motifs is 3. The van der Waals surface area contributed by atoms with Crippen LogP contribution >= 0.6 is 0 Å². The highest BCUT2D eigenvalue weighted by Crippen LogP contribution is 2.36. The number of benzene rings is 2. The SMILES string of the molecule is CCOC(C)(C)C(C)(C)OBc1cccc2c1C(=O)c1cc(F)ccc1-2. The summed E-state index contributed by atoms with van der Waals surface area (Å²) < 4.78 is 25.6. The molecule has 3 rings (SSSR count). The summed E-state index contributed by atoms with van der Waals surface area (Å²) >= 11 is 0. The van der Waals surface area contributed by atoms with Gasteiger partial charge in [0.2, 0.25) is 0 Å². The summed E-state index contributed by atoms with van der Waals surface area (Å²) in [6.07, 6.45) is 0. The molecule has 26 heavy (non-hydrogen) atoms. The van der Waals surface area contributed by atoms with Crippen LogP contribution in [0.1, 0.15) is 50.5 Å². The quantitative estimate of drug-likeness (QED) is 0.635. The molecule has 0 aromatic heterocycles. The van der Waals surface area contributed by atoms with Gasteiger partial charge < -0.3 is 9.39 Å². The minimum atomic E-state index is -0.549. The first kappa shape index (κ1) is 18.8. The molecule has 0 saturated carbocycles. The lowest BCUT2D eigenvalue weighted by atomic mass is 9.79. The standard InChI is InChI=1S/C21H24BFO3/c1-6-25-20(2,3)21(4,5)26-22-17-9-7-8-15-14-11-10-13(23)12-16(14)19(24)18(15)17/h7-12,22H,6H2,1-5H3. The van der Waals surface area contributed by atoms with Gasteiger partial charge in [0.15, 0.2) is 5.78 Å². The normalized spacial score (nSPS) is 13.5. The van der Waals surface area contributed by atoms with E-state index in [0.717, 1.165) is 16.6 Å². The molecular formula is C21H24BFO3. The second kappa shape index (κ2) is 6.64. The van der Waals surface area contributed by atoms with E-state index in [2.05, 4.69) is 0 Å². The molecule has 0 radical (unpaired) electrons. The van der Waals surface area contributed by atoms with Crippen molar-refractivity contribution >= 4 is 18.7 Å². The Morgan fingerprint density at radius 1 is 1.00 bits per heavy atom. The van der Waals surface area contributed by atoms with Gasteiger partial charge in [0.1, 0.15) is 5.82 Å². The van der Waals surface area contributed by atoms with Crippen LogP contribution in [0.2, 0.25) is 0 Å². The molecule has 3 nitrogen and oxygen atoms in total. The molecule has 1 aliphatic rings. The van der Waals surface area contributed by atoms with Crippen LogP contribution in [0.5, 0.6) is 0 Å². The first-order valence-corrected chi connectivity index (χ1v) is 8.92. The van der Waals surface area contributed by atoms with Gasteiger partial charge >= 0.3 is 7.48 Å². The molecule has 0 aliphatic heterocycles. The average molecular weight is 354 g/mol. The number of hydrogen-bond acceptors (Lipinski definition) is 3. The lowest BCUT2D eigenvalue weighted by molar-refractivity contribution is -0.130. The molecule has 0 unspecified atom stereocenters. The maximum atomic E-state index is 13.6. The largest absolute Gasteiger partial charge is 0.427 e. The maximum Gasteiger partial charge on any atom is 0.310 e. The molecule has 0 spiro atoms. The predicted octanol–water partition coefficient (Wildman–Crippen LogP) is 3.62. The van der Waals surface area contributed by atoms with Gasteiger partial charge in [-0.05, 0) is 63.3 Å². The molecule has 0 atom stereocenters. The van der Waals surface area contributed by atoms with E-state index in [9.17, 15) is 9.18 Å². The Morgan fingerprint density at radius 3 is 2.42 bits per heavy atom. The van der Waals surface area contributed by atoms with Gasteiger partial charge in [-0.3, -0.25) is 4.79 Å². The highest BCUT2D eigenvalue weighted by Gasteiger charge is 2.39. The highest BCUT2D eigenvalue weighted by molar-refractivity contribution is 6.51. The summed E-state index contributed by atoms with van der Waals surface area (Å²) in [7, 11) is 0.287. The molecule has 2 aromatic carbocycles. The molecule has 0 bridgehead atoms. The minimum absolute atomic E-state index is 0.143. The van der Waals surface area contributed by atoms with Crippen molar-refractivity contribution in [2.75, 3.05) is 6.61 Å². The molecule has 5 heteroatoms. The van der Waals surface area contributed by atoms with Gasteiger partial charge in [0.05, 0.1) is 11.2 Å². The summed E-state index contributed by atoms with van der Waals surface area (Å²) in [5.41, 5.74) is 2.43. The van der Waals surface area contributed by atoms with E-state index in [1.54, 1.807) is 6.07 Å². The molecule has 0 saturated heterocycles. The van der Waals surface area contributed by atoms with Crippen LogP contribution in [-0.4, -0.2) is 31.1 Å². The third-order valence-electron chi connectivity index (χ3n) is 5.44.